The molecule has 0 aliphatic heterocycles. The van der Waals surface area contributed by atoms with Crippen LogP contribution in [0.4, 0.5) is 0 Å². The molecule has 1 unspecified atom stereocenters. The zero-order valence-electron chi connectivity index (χ0n) is 17.1. The smallest absolute Gasteiger partial charge is 0.226 e. The molecule has 1 atom stereocenters. The molecular formula is C24H30N2O2. The number of hydrogen-bond donors (Lipinski definition) is 1. The zero-order chi connectivity index (χ0) is 19.8. The summed E-state index contributed by atoms with van der Waals surface area (Å²) < 4.78 is 11.5. The van der Waals surface area contributed by atoms with Crippen LogP contribution >= 0.6 is 0 Å². The fourth-order valence-corrected chi connectivity index (χ4v) is 3.01. The molecule has 4 heteroatoms. The van der Waals surface area contributed by atoms with Gasteiger partial charge in [0.25, 0.3) is 0 Å². The van der Waals surface area contributed by atoms with Gasteiger partial charge >= 0.3 is 0 Å². The summed E-state index contributed by atoms with van der Waals surface area (Å²) in [5.41, 5.74) is 3.09. The molecule has 148 valence electrons. The second kappa shape index (κ2) is 10.1. The Balaban J connectivity index is 1.53. The van der Waals surface area contributed by atoms with Gasteiger partial charge in [-0.1, -0.05) is 43.9 Å². The molecule has 1 N–H and O–H groups in total. The van der Waals surface area contributed by atoms with Gasteiger partial charge in [0.2, 0.25) is 5.89 Å². The number of aromatic nitrogens is 1. The van der Waals surface area contributed by atoms with Crippen molar-refractivity contribution in [3.05, 3.63) is 66.1 Å². The van der Waals surface area contributed by atoms with Crippen LogP contribution in [0.25, 0.3) is 11.5 Å². The first-order valence-electron chi connectivity index (χ1n) is 10.2. The van der Waals surface area contributed by atoms with E-state index in [0.29, 0.717) is 11.9 Å². The Labute approximate surface area is 168 Å². The molecule has 2 aromatic carbocycles. The topological polar surface area (TPSA) is 47.3 Å². The standard InChI is InChI=1S/C24H30N2O2/c1-4-5-6-7-19(3)25-16-21-17-27-24(26-21)20-10-14-23(15-11-20)28-22-12-8-18(2)9-13-22/h8-15,17,19,25H,4-7,16H2,1-3H3. The van der Waals surface area contributed by atoms with Crippen molar-refractivity contribution in [2.75, 3.05) is 0 Å². The molecule has 0 bridgehead atoms. The molecule has 1 aromatic heterocycles. The minimum Gasteiger partial charge on any atom is -0.457 e. The highest BCUT2D eigenvalue weighted by atomic mass is 16.5. The fraction of sp³-hybridized carbons (Fsp3) is 0.375. The van der Waals surface area contributed by atoms with Gasteiger partial charge in [-0.2, -0.15) is 0 Å². The third-order valence-electron chi connectivity index (χ3n) is 4.78. The molecule has 0 aliphatic carbocycles. The summed E-state index contributed by atoms with van der Waals surface area (Å²) in [6, 6.07) is 16.3. The Bertz CT molecular complexity index is 838. The monoisotopic (exact) mass is 378 g/mol. The maximum absolute atomic E-state index is 5.87. The third kappa shape index (κ3) is 5.96. The van der Waals surface area contributed by atoms with E-state index in [1.807, 2.05) is 48.5 Å². The van der Waals surface area contributed by atoms with E-state index >= 15 is 0 Å². The number of nitrogens with one attached hydrogen (secondary N) is 1. The lowest BCUT2D eigenvalue weighted by Gasteiger charge is -2.11. The first kappa shape index (κ1) is 20.2. The Morgan fingerprint density at radius 2 is 1.68 bits per heavy atom. The molecule has 0 saturated heterocycles. The third-order valence-corrected chi connectivity index (χ3v) is 4.78. The predicted molar refractivity (Wildman–Crippen MR) is 114 cm³/mol. The molecule has 0 amide bonds. The minimum absolute atomic E-state index is 0.491. The van der Waals surface area contributed by atoms with Crippen LogP contribution in [0.2, 0.25) is 0 Å². The van der Waals surface area contributed by atoms with E-state index in [0.717, 1.165) is 29.3 Å². The second-order valence-corrected chi connectivity index (χ2v) is 7.36. The SMILES string of the molecule is CCCCCC(C)NCc1coc(-c2ccc(Oc3ccc(C)cc3)cc2)n1. The van der Waals surface area contributed by atoms with Crippen LogP contribution in [-0.2, 0) is 6.54 Å². The van der Waals surface area contributed by atoms with Crippen LogP contribution in [0.15, 0.2) is 59.2 Å². The van der Waals surface area contributed by atoms with E-state index in [-0.39, 0.29) is 0 Å². The maximum atomic E-state index is 5.87. The lowest BCUT2D eigenvalue weighted by Crippen LogP contribution is -2.25. The van der Waals surface area contributed by atoms with Gasteiger partial charge in [0.1, 0.15) is 17.8 Å². The van der Waals surface area contributed by atoms with Crippen LogP contribution in [-0.4, -0.2) is 11.0 Å². The molecule has 0 spiro atoms. The summed E-state index contributed by atoms with van der Waals surface area (Å²) in [6.45, 7) is 7.25. The Morgan fingerprint density at radius 1 is 1.00 bits per heavy atom. The van der Waals surface area contributed by atoms with Crippen LogP contribution in [0.3, 0.4) is 0 Å². The number of unbranched alkanes of at least 4 members (excludes halogenated alkanes) is 2. The number of benzene rings is 2. The van der Waals surface area contributed by atoms with Gasteiger partial charge in [-0.05, 0) is 56.7 Å². The van der Waals surface area contributed by atoms with Gasteiger partial charge in [0.05, 0.1) is 5.69 Å². The summed E-state index contributed by atoms with van der Waals surface area (Å²) in [4.78, 5) is 4.60. The first-order chi connectivity index (χ1) is 13.6. The number of ether oxygens (including phenoxy) is 1. The average molecular weight is 379 g/mol. The summed E-state index contributed by atoms with van der Waals surface area (Å²) in [5.74, 6) is 2.26. The van der Waals surface area contributed by atoms with E-state index < -0.39 is 0 Å². The lowest BCUT2D eigenvalue weighted by molar-refractivity contribution is 0.482. The normalized spacial score (nSPS) is 12.1. The van der Waals surface area contributed by atoms with Crippen molar-refractivity contribution in [2.45, 2.75) is 59.0 Å². The molecular weight excluding hydrogens is 348 g/mol. The number of hydrogen-bond acceptors (Lipinski definition) is 4. The van der Waals surface area contributed by atoms with Gasteiger partial charge in [-0.3, -0.25) is 0 Å². The first-order valence-corrected chi connectivity index (χ1v) is 10.2. The van der Waals surface area contributed by atoms with Crippen LogP contribution in [0, 0.1) is 6.92 Å². The quantitative estimate of drug-likeness (QED) is 0.409. The lowest BCUT2D eigenvalue weighted by atomic mass is 10.1. The highest BCUT2D eigenvalue weighted by Crippen LogP contribution is 2.25. The largest absolute Gasteiger partial charge is 0.457 e. The number of rotatable bonds is 10. The summed E-state index contributed by atoms with van der Waals surface area (Å²) >= 11 is 0. The fourth-order valence-electron chi connectivity index (χ4n) is 3.01. The number of nitrogens with zero attached hydrogens (tertiary/aromatic N) is 1. The highest BCUT2D eigenvalue weighted by molar-refractivity contribution is 5.55. The Kier molecular flexibility index (Phi) is 7.26. The van der Waals surface area contributed by atoms with E-state index in [9.17, 15) is 0 Å². The molecule has 0 fully saturated rings. The van der Waals surface area contributed by atoms with Crippen molar-refractivity contribution in [1.29, 1.82) is 0 Å². The van der Waals surface area contributed by atoms with Crippen molar-refractivity contribution in [3.63, 3.8) is 0 Å². The van der Waals surface area contributed by atoms with Crippen molar-refractivity contribution in [1.82, 2.24) is 10.3 Å². The maximum Gasteiger partial charge on any atom is 0.226 e. The molecule has 4 nitrogen and oxygen atoms in total. The number of oxazole rings is 1. The number of aryl methyl sites for hydroxylation is 1. The van der Waals surface area contributed by atoms with Crippen LogP contribution < -0.4 is 10.1 Å². The molecule has 1 heterocycles. The van der Waals surface area contributed by atoms with Crippen molar-refractivity contribution >= 4 is 0 Å². The minimum atomic E-state index is 0.491. The van der Waals surface area contributed by atoms with Gasteiger partial charge in [0, 0.05) is 18.2 Å². The van der Waals surface area contributed by atoms with Gasteiger partial charge in [-0.25, -0.2) is 4.98 Å². The molecule has 0 aliphatic rings. The van der Waals surface area contributed by atoms with Crippen molar-refractivity contribution < 1.29 is 9.15 Å². The van der Waals surface area contributed by atoms with Crippen LogP contribution in [0.1, 0.15) is 50.8 Å². The van der Waals surface area contributed by atoms with Crippen molar-refractivity contribution in [3.8, 4) is 23.0 Å². The summed E-state index contributed by atoms with van der Waals surface area (Å²) in [6.07, 6.45) is 6.75. The molecule has 0 radical (unpaired) electrons. The van der Waals surface area contributed by atoms with Gasteiger partial charge < -0.3 is 14.5 Å². The van der Waals surface area contributed by atoms with E-state index in [1.165, 1.54) is 31.2 Å². The average Bonchev–Trinajstić information content (AvgIpc) is 3.18. The summed E-state index contributed by atoms with van der Waals surface area (Å²) in [7, 11) is 0. The Hall–Kier alpha value is -2.59. The molecule has 3 aromatic rings. The molecule has 3 rings (SSSR count). The van der Waals surface area contributed by atoms with Gasteiger partial charge in [-0.15, -0.1) is 0 Å². The van der Waals surface area contributed by atoms with E-state index in [4.69, 9.17) is 9.15 Å². The predicted octanol–water partition coefficient (Wildman–Crippen LogP) is 6.50. The highest BCUT2D eigenvalue weighted by Gasteiger charge is 2.09. The van der Waals surface area contributed by atoms with E-state index in [1.54, 1.807) is 6.26 Å². The summed E-state index contributed by atoms with van der Waals surface area (Å²) in [5, 5.41) is 3.52. The zero-order valence-corrected chi connectivity index (χ0v) is 17.1. The Morgan fingerprint density at radius 3 is 2.36 bits per heavy atom. The molecule has 28 heavy (non-hydrogen) atoms. The molecule has 0 saturated carbocycles. The van der Waals surface area contributed by atoms with Gasteiger partial charge in [0.15, 0.2) is 0 Å². The van der Waals surface area contributed by atoms with E-state index in [2.05, 4.69) is 31.1 Å². The van der Waals surface area contributed by atoms with Crippen LogP contribution in [0.5, 0.6) is 11.5 Å². The second-order valence-electron chi connectivity index (χ2n) is 7.36. The van der Waals surface area contributed by atoms with Crippen molar-refractivity contribution in [2.24, 2.45) is 0 Å².